The molecule has 0 saturated carbocycles. The normalized spacial score (nSPS) is 18.3. The third-order valence-electron chi connectivity index (χ3n) is 4.95. The molecular weight excluding hydrogens is 469 g/mol. The van der Waals surface area contributed by atoms with Crippen LogP contribution in [0.3, 0.4) is 0 Å². The highest BCUT2D eigenvalue weighted by Gasteiger charge is 2.22. The molecule has 1 saturated heterocycles. The van der Waals surface area contributed by atoms with Crippen molar-refractivity contribution in [3.8, 4) is 11.3 Å². The first kappa shape index (κ1) is 19.6. The Bertz CT molecular complexity index is 913. The zero-order valence-electron chi connectivity index (χ0n) is 16.1. The average molecular weight is 493 g/mol. The topological polar surface area (TPSA) is 62.3 Å². The molecule has 1 unspecified atom stereocenters. The van der Waals surface area contributed by atoms with Crippen molar-refractivity contribution < 1.29 is 14.0 Å². The van der Waals surface area contributed by atoms with E-state index in [-0.39, 0.29) is 12.4 Å². The highest BCUT2D eigenvalue weighted by molar-refractivity contribution is 14.1. The first-order valence-corrected chi connectivity index (χ1v) is 10.7. The molecule has 148 valence electrons. The zero-order chi connectivity index (χ0) is 19.5. The van der Waals surface area contributed by atoms with Crippen molar-refractivity contribution in [2.75, 3.05) is 6.61 Å². The van der Waals surface area contributed by atoms with Crippen LogP contribution in [-0.2, 0) is 16.0 Å². The van der Waals surface area contributed by atoms with Crippen LogP contribution < -0.4 is 0 Å². The summed E-state index contributed by atoms with van der Waals surface area (Å²) in [6.07, 6.45) is 4.76. The molecule has 1 fully saturated rings. The van der Waals surface area contributed by atoms with Crippen LogP contribution in [0.1, 0.15) is 49.5 Å². The fourth-order valence-electron chi connectivity index (χ4n) is 3.42. The van der Waals surface area contributed by atoms with Crippen molar-refractivity contribution in [2.24, 2.45) is 0 Å². The fraction of sp³-hybridized carbons (Fsp3) is 0.429. The molecule has 1 aliphatic rings. The molecule has 4 rings (SSSR count). The molecular formula is C21H24IN3O3. The van der Waals surface area contributed by atoms with Crippen molar-refractivity contribution in [2.45, 2.75) is 52.0 Å². The van der Waals surface area contributed by atoms with Gasteiger partial charge in [-0.1, -0.05) is 17.3 Å². The summed E-state index contributed by atoms with van der Waals surface area (Å²) in [7, 11) is 0. The van der Waals surface area contributed by atoms with E-state index in [9.17, 15) is 0 Å². The lowest BCUT2D eigenvalue weighted by atomic mass is 10.1. The number of aryl methyl sites for hydroxylation is 1. The van der Waals surface area contributed by atoms with Crippen molar-refractivity contribution in [1.29, 1.82) is 0 Å². The lowest BCUT2D eigenvalue weighted by Crippen LogP contribution is -2.25. The molecule has 0 radical (unpaired) electrons. The molecule has 0 aliphatic carbocycles. The fourth-order valence-corrected chi connectivity index (χ4v) is 3.77. The average Bonchev–Trinajstić information content (AvgIpc) is 3.31. The second kappa shape index (κ2) is 8.75. The van der Waals surface area contributed by atoms with Gasteiger partial charge in [0, 0.05) is 33.7 Å². The first-order valence-electron chi connectivity index (χ1n) is 9.61. The number of aromatic nitrogens is 3. The summed E-state index contributed by atoms with van der Waals surface area (Å²) in [5, 5.41) is 4.26. The quantitative estimate of drug-likeness (QED) is 0.447. The maximum Gasteiger partial charge on any atom is 0.167 e. The smallest absolute Gasteiger partial charge is 0.167 e. The van der Waals surface area contributed by atoms with Crippen molar-refractivity contribution in [3.63, 3.8) is 0 Å². The molecule has 2 aromatic heterocycles. The number of benzene rings is 1. The van der Waals surface area contributed by atoms with Crippen LogP contribution in [0.2, 0.25) is 0 Å². The summed E-state index contributed by atoms with van der Waals surface area (Å²) < 4.78 is 20.7. The van der Waals surface area contributed by atoms with Gasteiger partial charge in [0.2, 0.25) is 0 Å². The Morgan fingerprint density at radius 3 is 2.86 bits per heavy atom. The minimum Gasteiger partial charge on any atom is -0.356 e. The van der Waals surface area contributed by atoms with Crippen molar-refractivity contribution in [3.05, 3.63) is 57.3 Å². The van der Waals surface area contributed by atoms with Crippen LogP contribution in [0, 0.1) is 10.5 Å². The van der Waals surface area contributed by atoms with E-state index in [1.807, 2.05) is 38.2 Å². The van der Waals surface area contributed by atoms with Gasteiger partial charge in [0.15, 0.2) is 12.1 Å². The standard InChI is InChI=1S/C21H24IN3O3/c1-14-12-23-21(15(2)27-20-5-3-4-10-26-20)25(14)13-18-11-19(28-24-18)16-6-8-17(22)9-7-16/h6-9,11-12,15,20H,3-5,10,13H2,1-2H3/t15-,20?/m0/s1. The summed E-state index contributed by atoms with van der Waals surface area (Å²) in [5.41, 5.74) is 2.94. The minimum absolute atomic E-state index is 0.145. The molecule has 6 nitrogen and oxygen atoms in total. The first-order chi connectivity index (χ1) is 13.6. The molecule has 0 N–H and O–H groups in total. The van der Waals surface area contributed by atoms with E-state index < -0.39 is 0 Å². The third-order valence-corrected chi connectivity index (χ3v) is 5.67. The van der Waals surface area contributed by atoms with Crippen LogP contribution in [0.25, 0.3) is 11.3 Å². The summed E-state index contributed by atoms with van der Waals surface area (Å²) in [4.78, 5) is 4.58. The van der Waals surface area contributed by atoms with Gasteiger partial charge in [-0.05, 0) is 67.8 Å². The summed E-state index contributed by atoms with van der Waals surface area (Å²) >= 11 is 2.29. The zero-order valence-corrected chi connectivity index (χ0v) is 18.3. The molecule has 1 aromatic carbocycles. The van der Waals surface area contributed by atoms with E-state index in [0.717, 1.165) is 54.4 Å². The number of imidazole rings is 1. The Hall–Kier alpha value is -1.71. The molecule has 0 bridgehead atoms. The number of rotatable bonds is 6. The van der Waals surface area contributed by atoms with Gasteiger partial charge < -0.3 is 18.6 Å². The largest absolute Gasteiger partial charge is 0.356 e. The Morgan fingerprint density at radius 1 is 1.29 bits per heavy atom. The summed E-state index contributed by atoms with van der Waals surface area (Å²) in [5.74, 6) is 1.65. The number of halogens is 1. The summed E-state index contributed by atoms with van der Waals surface area (Å²) in [6, 6.07) is 10.2. The van der Waals surface area contributed by atoms with Crippen LogP contribution >= 0.6 is 22.6 Å². The van der Waals surface area contributed by atoms with Gasteiger partial charge in [0.25, 0.3) is 0 Å². The van der Waals surface area contributed by atoms with E-state index in [0.29, 0.717) is 6.54 Å². The highest BCUT2D eigenvalue weighted by Crippen LogP contribution is 2.26. The van der Waals surface area contributed by atoms with E-state index in [2.05, 4.69) is 49.4 Å². The number of nitrogens with zero attached hydrogens (tertiary/aromatic N) is 3. The highest BCUT2D eigenvalue weighted by atomic mass is 127. The van der Waals surface area contributed by atoms with Crippen LogP contribution in [0.4, 0.5) is 0 Å². The molecule has 0 amide bonds. The molecule has 0 spiro atoms. The second-order valence-electron chi connectivity index (χ2n) is 7.11. The van der Waals surface area contributed by atoms with E-state index in [1.54, 1.807) is 0 Å². The molecule has 3 aromatic rings. The SMILES string of the molecule is Cc1cnc([C@H](C)OC2CCCCO2)n1Cc1cc(-c2ccc(I)cc2)on1. The Labute approximate surface area is 178 Å². The van der Waals surface area contributed by atoms with Gasteiger partial charge in [-0.3, -0.25) is 0 Å². The predicted molar refractivity (Wildman–Crippen MR) is 114 cm³/mol. The van der Waals surface area contributed by atoms with Gasteiger partial charge in [-0.2, -0.15) is 0 Å². The predicted octanol–water partition coefficient (Wildman–Crippen LogP) is 5.10. The van der Waals surface area contributed by atoms with E-state index in [1.165, 1.54) is 3.57 Å². The molecule has 1 aliphatic heterocycles. The van der Waals surface area contributed by atoms with Gasteiger partial charge in [-0.25, -0.2) is 4.98 Å². The number of ether oxygens (including phenoxy) is 2. The maximum atomic E-state index is 6.10. The van der Waals surface area contributed by atoms with Gasteiger partial charge in [0.05, 0.1) is 6.54 Å². The number of hydrogen-bond donors (Lipinski definition) is 0. The minimum atomic E-state index is -0.153. The summed E-state index contributed by atoms with van der Waals surface area (Å²) in [6.45, 7) is 5.43. The lowest BCUT2D eigenvalue weighted by molar-refractivity contribution is -0.188. The molecule has 28 heavy (non-hydrogen) atoms. The van der Waals surface area contributed by atoms with E-state index in [4.69, 9.17) is 14.0 Å². The van der Waals surface area contributed by atoms with Crippen LogP contribution in [-0.4, -0.2) is 27.6 Å². The van der Waals surface area contributed by atoms with E-state index >= 15 is 0 Å². The third kappa shape index (κ3) is 4.47. The van der Waals surface area contributed by atoms with Crippen molar-refractivity contribution in [1.82, 2.24) is 14.7 Å². The van der Waals surface area contributed by atoms with Gasteiger partial charge >= 0.3 is 0 Å². The maximum absolute atomic E-state index is 6.10. The Morgan fingerprint density at radius 2 is 2.11 bits per heavy atom. The van der Waals surface area contributed by atoms with Crippen LogP contribution in [0.15, 0.2) is 41.1 Å². The molecule has 3 heterocycles. The van der Waals surface area contributed by atoms with Gasteiger partial charge in [-0.15, -0.1) is 0 Å². The number of hydrogen-bond acceptors (Lipinski definition) is 5. The van der Waals surface area contributed by atoms with Crippen molar-refractivity contribution >= 4 is 22.6 Å². The van der Waals surface area contributed by atoms with Gasteiger partial charge in [0.1, 0.15) is 17.6 Å². The van der Waals surface area contributed by atoms with Crippen LogP contribution in [0.5, 0.6) is 0 Å². The Balaban J connectivity index is 1.49. The second-order valence-corrected chi connectivity index (χ2v) is 8.35. The monoisotopic (exact) mass is 493 g/mol. The lowest BCUT2D eigenvalue weighted by Gasteiger charge is -2.26. The Kier molecular flexibility index (Phi) is 6.13. The molecule has 7 heteroatoms. The molecule has 2 atom stereocenters.